The largest absolute Gasteiger partial charge is 0.478 e. The fourth-order valence-corrected chi connectivity index (χ4v) is 1.98. The molecule has 1 aliphatic rings. The molecule has 0 unspecified atom stereocenters. The Hall–Kier alpha value is -1.88. The Balaban J connectivity index is 1.99. The molecule has 0 radical (unpaired) electrons. The van der Waals surface area contributed by atoms with Crippen molar-refractivity contribution in [2.24, 2.45) is 0 Å². The van der Waals surface area contributed by atoms with E-state index in [9.17, 15) is 4.79 Å². The van der Waals surface area contributed by atoms with E-state index in [4.69, 9.17) is 9.84 Å². The normalized spacial score (nSPS) is 19.2. The molecule has 1 aliphatic heterocycles. The van der Waals surface area contributed by atoms with Gasteiger partial charge in [-0.3, -0.25) is 0 Å². The number of carbonyl (C=O) groups is 1. The zero-order chi connectivity index (χ0) is 11.8. The quantitative estimate of drug-likeness (QED) is 0.871. The van der Waals surface area contributed by atoms with E-state index in [1.54, 1.807) is 24.5 Å². The molecule has 3 rings (SSSR count). The third-order valence-electron chi connectivity index (χ3n) is 3.06. The minimum absolute atomic E-state index is 0.237. The van der Waals surface area contributed by atoms with Crippen molar-refractivity contribution in [3.05, 3.63) is 30.1 Å². The molecule has 1 aromatic heterocycles. The Morgan fingerprint density at radius 1 is 1.59 bits per heavy atom. The first kappa shape index (κ1) is 10.3. The summed E-state index contributed by atoms with van der Waals surface area (Å²) in [7, 11) is 0. The maximum absolute atomic E-state index is 10.9. The summed E-state index contributed by atoms with van der Waals surface area (Å²) < 4.78 is 7.32. The number of aromatic nitrogens is 2. The van der Waals surface area contributed by atoms with Gasteiger partial charge in [-0.1, -0.05) is 0 Å². The van der Waals surface area contributed by atoms with E-state index < -0.39 is 5.97 Å². The molecule has 5 heteroatoms. The first-order valence-corrected chi connectivity index (χ1v) is 5.54. The highest BCUT2D eigenvalue weighted by Crippen LogP contribution is 2.19. The van der Waals surface area contributed by atoms with Crippen molar-refractivity contribution < 1.29 is 14.6 Å². The molecule has 0 amide bonds. The Morgan fingerprint density at radius 2 is 2.41 bits per heavy atom. The molecular weight excluding hydrogens is 220 g/mol. The van der Waals surface area contributed by atoms with E-state index in [-0.39, 0.29) is 11.7 Å². The first-order chi connectivity index (χ1) is 8.24. The van der Waals surface area contributed by atoms with Gasteiger partial charge in [-0.25, -0.2) is 9.78 Å². The summed E-state index contributed by atoms with van der Waals surface area (Å²) in [4.78, 5) is 15.2. The van der Waals surface area contributed by atoms with Crippen LogP contribution in [-0.4, -0.2) is 33.3 Å². The van der Waals surface area contributed by atoms with Gasteiger partial charge < -0.3 is 14.4 Å². The lowest BCUT2D eigenvalue weighted by Gasteiger charge is -2.26. The Bertz CT molecular complexity index is 572. The second-order valence-corrected chi connectivity index (χ2v) is 4.19. The predicted octanol–water partition coefficient (Wildman–Crippen LogP) is 1.52. The zero-order valence-electron chi connectivity index (χ0n) is 9.17. The monoisotopic (exact) mass is 232 g/mol. The number of hydrogen-bond acceptors (Lipinski definition) is 3. The van der Waals surface area contributed by atoms with Crippen LogP contribution in [0.4, 0.5) is 0 Å². The third kappa shape index (κ3) is 1.78. The molecule has 5 nitrogen and oxygen atoms in total. The van der Waals surface area contributed by atoms with E-state index in [0.29, 0.717) is 0 Å². The lowest BCUT2D eigenvalue weighted by atomic mass is 10.1. The van der Waals surface area contributed by atoms with Crippen LogP contribution in [0.2, 0.25) is 0 Å². The number of rotatable bonds is 3. The summed E-state index contributed by atoms with van der Waals surface area (Å²) in [6.45, 7) is 1.55. The van der Waals surface area contributed by atoms with Crippen molar-refractivity contribution in [1.29, 1.82) is 0 Å². The molecule has 1 N–H and O–H groups in total. The van der Waals surface area contributed by atoms with Gasteiger partial charge in [0.2, 0.25) is 0 Å². The third-order valence-corrected chi connectivity index (χ3v) is 3.06. The number of benzene rings is 1. The average molecular weight is 232 g/mol. The van der Waals surface area contributed by atoms with Crippen LogP contribution in [0.3, 0.4) is 0 Å². The highest BCUT2D eigenvalue weighted by molar-refractivity contribution is 5.92. The molecule has 0 spiro atoms. The van der Waals surface area contributed by atoms with Crippen molar-refractivity contribution in [3.8, 4) is 0 Å². The van der Waals surface area contributed by atoms with Crippen LogP contribution in [0.5, 0.6) is 0 Å². The average Bonchev–Trinajstić information content (AvgIpc) is 2.65. The molecule has 17 heavy (non-hydrogen) atoms. The summed E-state index contributed by atoms with van der Waals surface area (Å²) in [5.74, 6) is -0.917. The number of carboxylic acid groups (broad SMARTS) is 1. The maximum atomic E-state index is 10.9. The van der Waals surface area contributed by atoms with Crippen LogP contribution in [0, 0.1) is 0 Å². The Labute approximate surface area is 97.6 Å². The van der Waals surface area contributed by atoms with Gasteiger partial charge in [0.25, 0.3) is 0 Å². The predicted molar refractivity (Wildman–Crippen MR) is 61.0 cm³/mol. The van der Waals surface area contributed by atoms with Crippen LogP contribution in [-0.2, 0) is 11.3 Å². The van der Waals surface area contributed by atoms with Crippen molar-refractivity contribution in [2.45, 2.75) is 19.1 Å². The molecule has 2 aromatic rings. The van der Waals surface area contributed by atoms with Crippen molar-refractivity contribution in [1.82, 2.24) is 9.55 Å². The molecule has 0 saturated carbocycles. The second kappa shape index (κ2) is 3.85. The van der Waals surface area contributed by atoms with Gasteiger partial charge in [0.15, 0.2) is 0 Å². The first-order valence-electron chi connectivity index (χ1n) is 5.54. The lowest BCUT2D eigenvalue weighted by molar-refractivity contribution is -0.0586. The highest BCUT2D eigenvalue weighted by Gasteiger charge is 2.19. The molecule has 0 aliphatic carbocycles. The van der Waals surface area contributed by atoms with Crippen LogP contribution >= 0.6 is 0 Å². The summed E-state index contributed by atoms with van der Waals surface area (Å²) in [5.41, 5.74) is 1.95. The fourth-order valence-electron chi connectivity index (χ4n) is 1.98. The Morgan fingerprint density at radius 3 is 3.06 bits per heavy atom. The Kier molecular flexibility index (Phi) is 2.33. The van der Waals surface area contributed by atoms with Crippen LogP contribution < -0.4 is 0 Å². The van der Waals surface area contributed by atoms with Gasteiger partial charge in [0.05, 0.1) is 35.6 Å². The number of carboxylic acids is 1. The standard InChI is InChI=1S/C12H12N2O3/c15-12(16)8-1-2-10-11(5-8)14(7-13-10)6-9-3-4-17-9/h1-2,5,7,9H,3-4,6H2,(H,15,16)/t9-/m1/s1. The fraction of sp³-hybridized carbons (Fsp3) is 0.333. The second-order valence-electron chi connectivity index (χ2n) is 4.19. The lowest BCUT2D eigenvalue weighted by Crippen LogP contribution is -2.30. The minimum atomic E-state index is -0.917. The molecular formula is C12H12N2O3. The van der Waals surface area contributed by atoms with E-state index in [2.05, 4.69) is 4.98 Å². The molecule has 1 fully saturated rings. The number of fused-ring (bicyclic) bond motifs is 1. The molecule has 1 saturated heterocycles. The van der Waals surface area contributed by atoms with Gasteiger partial charge >= 0.3 is 5.97 Å². The highest BCUT2D eigenvalue weighted by atomic mass is 16.5. The minimum Gasteiger partial charge on any atom is -0.478 e. The van der Waals surface area contributed by atoms with Gasteiger partial charge in [-0.15, -0.1) is 0 Å². The van der Waals surface area contributed by atoms with Gasteiger partial charge in [0, 0.05) is 6.61 Å². The van der Waals surface area contributed by atoms with E-state index >= 15 is 0 Å². The number of nitrogens with zero attached hydrogens (tertiary/aromatic N) is 2. The number of imidazole rings is 1. The molecule has 1 atom stereocenters. The zero-order valence-corrected chi connectivity index (χ0v) is 9.17. The maximum Gasteiger partial charge on any atom is 0.335 e. The summed E-state index contributed by atoms with van der Waals surface area (Å²) in [6.07, 6.45) is 3.02. The van der Waals surface area contributed by atoms with Gasteiger partial charge in [-0.05, 0) is 24.6 Å². The smallest absolute Gasteiger partial charge is 0.335 e. The molecule has 2 heterocycles. The summed E-state index contributed by atoms with van der Waals surface area (Å²) in [5, 5.41) is 8.96. The summed E-state index contributed by atoms with van der Waals surface area (Å²) >= 11 is 0. The van der Waals surface area contributed by atoms with Gasteiger partial charge in [-0.2, -0.15) is 0 Å². The van der Waals surface area contributed by atoms with Crippen molar-refractivity contribution in [3.63, 3.8) is 0 Å². The van der Waals surface area contributed by atoms with Gasteiger partial charge in [0.1, 0.15) is 0 Å². The van der Waals surface area contributed by atoms with E-state index in [1.165, 1.54) is 0 Å². The molecule has 1 aromatic carbocycles. The number of aromatic carboxylic acids is 1. The van der Waals surface area contributed by atoms with E-state index in [0.717, 1.165) is 30.6 Å². The van der Waals surface area contributed by atoms with E-state index in [1.807, 2.05) is 4.57 Å². The van der Waals surface area contributed by atoms with Crippen LogP contribution in [0.25, 0.3) is 11.0 Å². The van der Waals surface area contributed by atoms with Crippen molar-refractivity contribution >= 4 is 17.0 Å². The molecule has 0 bridgehead atoms. The number of ether oxygens (including phenoxy) is 1. The van der Waals surface area contributed by atoms with Crippen LogP contribution in [0.1, 0.15) is 16.8 Å². The topological polar surface area (TPSA) is 64.3 Å². The van der Waals surface area contributed by atoms with Crippen LogP contribution in [0.15, 0.2) is 24.5 Å². The SMILES string of the molecule is O=C(O)c1ccc2ncn(C[C@H]3CCO3)c2c1. The molecule has 88 valence electrons. The van der Waals surface area contributed by atoms with Crippen molar-refractivity contribution in [2.75, 3.05) is 6.61 Å². The summed E-state index contributed by atoms with van der Waals surface area (Å²) in [6, 6.07) is 4.96. The number of hydrogen-bond donors (Lipinski definition) is 1.